The molecule has 3 rings (SSSR count). The van der Waals surface area contributed by atoms with Crippen molar-refractivity contribution in [2.75, 3.05) is 18.6 Å². The third kappa shape index (κ3) is 7.88. The van der Waals surface area contributed by atoms with Gasteiger partial charge in [0.2, 0.25) is 0 Å². The van der Waals surface area contributed by atoms with Crippen LogP contribution in [0.5, 0.6) is 5.75 Å². The van der Waals surface area contributed by atoms with Crippen LogP contribution in [0.15, 0.2) is 65.3 Å². The molecule has 0 amide bonds. The molecule has 196 valence electrons. The van der Waals surface area contributed by atoms with Gasteiger partial charge < -0.3 is 4.74 Å². The highest BCUT2D eigenvalue weighted by atomic mass is 32.2. The maximum atomic E-state index is 9.65. The van der Waals surface area contributed by atoms with Crippen molar-refractivity contribution in [2.24, 2.45) is 0 Å². The van der Waals surface area contributed by atoms with E-state index in [-0.39, 0.29) is 11.1 Å². The first-order chi connectivity index (χ1) is 19.2. The molecule has 0 saturated heterocycles. The van der Waals surface area contributed by atoms with Crippen molar-refractivity contribution >= 4 is 29.0 Å². The Morgan fingerprint density at radius 3 is 1.67 bits per heavy atom. The van der Waals surface area contributed by atoms with Gasteiger partial charge in [-0.2, -0.15) is 32.8 Å². The SMILES string of the molecule is CSCCCCCCCCCCOc1ccc(C=C2C(=C(C#N)C#N)c3ccccc3C2=C(C#N)C#N)cc1. The van der Waals surface area contributed by atoms with Gasteiger partial charge in [0, 0.05) is 11.1 Å². The van der Waals surface area contributed by atoms with E-state index in [1.807, 2.05) is 78.5 Å². The molecule has 0 aromatic heterocycles. The third-order valence-corrected chi connectivity index (χ3v) is 7.35. The van der Waals surface area contributed by atoms with Gasteiger partial charge >= 0.3 is 0 Å². The smallest absolute Gasteiger partial charge is 0.138 e. The van der Waals surface area contributed by atoms with E-state index in [9.17, 15) is 21.0 Å². The Morgan fingerprint density at radius 2 is 1.18 bits per heavy atom. The molecule has 6 heteroatoms. The van der Waals surface area contributed by atoms with Gasteiger partial charge in [0.05, 0.1) is 6.61 Å². The number of nitriles is 4. The molecular formula is C33H32N4OS. The number of rotatable bonds is 13. The second-order valence-corrected chi connectivity index (χ2v) is 10.3. The topological polar surface area (TPSA) is 104 Å². The number of benzene rings is 2. The Bertz CT molecular complexity index is 1300. The predicted molar refractivity (Wildman–Crippen MR) is 158 cm³/mol. The van der Waals surface area contributed by atoms with Crippen LogP contribution in [0.25, 0.3) is 17.2 Å². The van der Waals surface area contributed by atoms with Crippen LogP contribution in [0.3, 0.4) is 0 Å². The molecule has 2 aromatic rings. The number of thioether (sulfide) groups is 1. The summed E-state index contributed by atoms with van der Waals surface area (Å²) in [7, 11) is 0. The van der Waals surface area contributed by atoms with Crippen LogP contribution in [0.1, 0.15) is 68.1 Å². The fraction of sp³-hybridized carbons (Fsp3) is 0.333. The molecule has 0 heterocycles. The summed E-state index contributed by atoms with van der Waals surface area (Å²) in [5, 5.41) is 38.6. The molecule has 0 unspecified atom stereocenters. The molecule has 39 heavy (non-hydrogen) atoms. The molecule has 1 aliphatic rings. The van der Waals surface area contributed by atoms with Gasteiger partial charge in [-0.1, -0.05) is 74.9 Å². The van der Waals surface area contributed by atoms with E-state index in [1.54, 1.807) is 12.1 Å². The van der Waals surface area contributed by atoms with Crippen LogP contribution in [0, 0.1) is 45.3 Å². The van der Waals surface area contributed by atoms with E-state index >= 15 is 0 Å². The van der Waals surface area contributed by atoms with Gasteiger partial charge in [0.15, 0.2) is 0 Å². The standard InChI is InChI=1S/C33H32N4OS/c1-39-19-11-7-5-3-2-4-6-10-18-38-28-16-14-25(15-17-28)20-31-32(26(21-34)22-35)29-12-8-9-13-30(29)33(31)27(23-36)24-37/h8-9,12-17,20H,2-7,10-11,18-19H2,1H3. The summed E-state index contributed by atoms with van der Waals surface area (Å²) >= 11 is 1.93. The molecule has 0 bridgehead atoms. The number of unbranched alkanes of at least 4 members (excludes halogenated alkanes) is 7. The monoisotopic (exact) mass is 532 g/mol. The zero-order valence-corrected chi connectivity index (χ0v) is 23.2. The zero-order valence-electron chi connectivity index (χ0n) is 22.4. The van der Waals surface area contributed by atoms with E-state index in [4.69, 9.17) is 4.74 Å². The summed E-state index contributed by atoms with van der Waals surface area (Å²) in [6, 6.07) is 22.7. The fourth-order valence-electron chi connectivity index (χ4n) is 4.72. The normalized spacial score (nSPS) is 11.6. The highest BCUT2D eigenvalue weighted by Crippen LogP contribution is 2.48. The molecular weight excluding hydrogens is 500 g/mol. The van der Waals surface area contributed by atoms with Crippen molar-refractivity contribution in [1.29, 1.82) is 21.0 Å². The third-order valence-electron chi connectivity index (χ3n) is 6.65. The van der Waals surface area contributed by atoms with E-state index in [2.05, 4.69) is 6.26 Å². The van der Waals surface area contributed by atoms with E-state index in [0.29, 0.717) is 34.5 Å². The minimum Gasteiger partial charge on any atom is -0.494 e. The van der Waals surface area contributed by atoms with Gasteiger partial charge in [0.1, 0.15) is 41.2 Å². The lowest BCUT2D eigenvalue weighted by Gasteiger charge is -2.08. The van der Waals surface area contributed by atoms with Crippen LogP contribution in [0.4, 0.5) is 0 Å². The first-order valence-electron chi connectivity index (χ1n) is 13.3. The van der Waals surface area contributed by atoms with Crippen LogP contribution in [-0.2, 0) is 0 Å². The van der Waals surface area contributed by atoms with Crippen molar-refractivity contribution in [3.63, 3.8) is 0 Å². The summed E-state index contributed by atoms with van der Waals surface area (Å²) in [4.78, 5) is 0. The van der Waals surface area contributed by atoms with Crippen LogP contribution in [0.2, 0.25) is 0 Å². The number of hydrogen-bond acceptors (Lipinski definition) is 6. The summed E-state index contributed by atoms with van der Waals surface area (Å²) in [5.74, 6) is 2.05. The van der Waals surface area contributed by atoms with Crippen LogP contribution >= 0.6 is 11.8 Å². The Morgan fingerprint density at radius 1 is 0.692 bits per heavy atom. The fourth-order valence-corrected chi connectivity index (χ4v) is 5.21. The summed E-state index contributed by atoms with van der Waals surface area (Å²) in [5.41, 5.74) is 3.41. The molecule has 0 radical (unpaired) electrons. The zero-order chi connectivity index (χ0) is 27.9. The molecule has 0 N–H and O–H groups in total. The van der Waals surface area contributed by atoms with Crippen molar-refractivity contribution in [1.82, 2.24) is 0 Å². The second kappa shape index (κ2) is 15.9. The van der Waals surface area contributed by atoms with Gasteiger partial charge in [-0.05, 0) is 65.3 Å². The first-order valence-corrected chi connectivity index (χ1v) is 14.7. The summed E-state index contributed by atoms with van der Waals surface area (Å²) < 4.78 is 5.93. The van der Waals surface area contributed by atoms with Crippen molar-refractivity contribution in [2.45, 2.75) is 51.4 Å². The number of fused-ring (bicyclic) bond motifs is 1. The van der Waals surface area contributed by atoms with Gasteiger partial charge in [0.25, 0.3) is 0 Å². The van der Waals surface area contributed by atoms with E-state index in [0.717, 1.165) is 17.7 Å². The van der Waals surface area contributed by atoms with Crippen LogP contribution < -0.4 is 4.74 Å². The molecule has 1 aliphatic carbocycles. The largest absolute Gasteiger partial charge is 0.494 e. The van der Waals surface area contributed by atoms with Gasteiger partial charge in [-0.3, -0.25) is 0 Å². The number of ether oxygens (including phenoxy) is 1. The predicted octanol–water partition coefficient (Wildman–Crippen LogP) is 8.25. The molecule has 0 atom stereocenters. The van der Waals surface area contributed by atoms with Gasteiger partial charge in [-0.15, -0.1) is 0 Å². The summed E-state index contributed by atoms with van der Waals surface area (Å²) in [6.45, 7) is 0.671. The lowest BCUT2D eigenvalue weighted by atomic mass is 9.94. The first kappa shape index (κ1) is 29.3. The number of nitrogens with zero attached hydrogens (tertiary/aromatic N) is 4. The van der Waals surface area contributed by atoms with Crippen LogP contribution in [-0.4, -0.2) is 18.6 Å². The maximum Gasteiger partial charge on any atom is 0.138 e. The number of allylic oxidation sites excluding steroid dienone is 5. The second-order valence-electron chi connectivity index (χ2n) is 9.29. The van der Waals surface area contributed by atoms with Crippen molar-refractivity contribution in [3.8, 4) is 30.0 Å². The quantitative estimate of drug-likeness (QED) is 0.190. The molecule has 0 saturated carbocycles. The molecule has 2 aromatic carbocycles. The molecule has 0 spiro atoms. The lowest BCUT2D eigenvalue weighted by molar-refractivity contribution is 0.304. The molecule has 0 aliphatic heterocycles. The Kier molecular flexibility index (Phi) is 12.0. The minimum absolute atomic E-state index is 0.0607. The van der Waals surface area contributed by atoms with E-state index < -0.39 is 0 Å². The average molecular weight is 533 g/mol. The highest BCUT2D eigenvalue weighted by Gasteiger charge is 2.31. The van der Waals surface area contributed by atoms with Gasteiger partial charge in [-0.25, -0.2) is 0 Å². The minimum atomic E-state index is -0.0607. The maximum absolute atomic E-state index is 9.65. The highest BCUT2D eigenvalue weighted by molar-refractivity contribution is 7.98. The van der Waals surface area contributed by atoms with Crippen molar-refractivity contribution in [3.05, 3.63) is 81.9 Å². The Hall–Kier alpha value is -4.23. The Labute approximate surface area is 236 Å². The Balaban J connectivity index is 1.68. The van der Waals surface area contributed by atoms with Crippen molar-refractivity contribution < 1.29 is 4.74 Å². The molecule has 0 fully saturated rings. The summed E-state index contributed by atoms with van der Waals surface area (Å²) in [6.07, 6.45) is 14.0. The lowest BCUT2D eigenvalue weighted by Crippen LogP contribution is -1.97. The number of hydrogen-bond donors (Lipinski definition) is 0. The van der Waals surface area contributed by atoms with E-state index in [1.165, 1.54) is 50.7 Å². The molecule has 5 nitrogen and oxygen atoms in total. The average Bonchev–Trinajstić information content (AvgIpc) is 3.27.